The van der Waals surface area contributed by atoms with Gasteiger partial charge in [0.05, 0.1) is 22.6 Å². The van der Waals surface area contributed by atoms with Gasteiger partial charge in [0.1, 0.15) is 22.9 Å². The number of rotatable bonds is 5. The molecule has 1 aliphatic rings. The Morgan fingerprint density at radius 1 is 0.939 bits per heavy atom. The fourth-order valence-electron chi connectivity index (χ4n) is 3.31. The number of hydrazone groups is 1. The predicted octanol–water partition coefficient (Wildman–Crippen LogP) is 2.50. The monoisotopic (exact) mass is 472 g/mol. The molecule has 33 heavy (non-hydrogen) atoms. The lowest BCUT2D eigenvalue weighted by Crippen LogP contribution is -2.49. The second-order valence-corrected chi connectivity index (χ2v) is 8.51. The van der Waals surface area contributed by atoms with Gasteiger partial charge >= 0.3 is 0 Å². The number of carbonyl (C=O) groups excluding carboxylic acids is 1. The maximum Gasteiger partial charge on any atom is 0.280 e. The normalized spacial score (nSPS) is 15.7. The summed E-state index contributed by atoms with van der Waals surface area (Å²) in [6.45, 7) is 0. The van der Waals surface area contributed by atoms with Crippen LogP contribution in [0, 0.1) is 11.6 Å². The summed E-state index contributed by atoms with van der Waals surface area (Å²) < 4.78 is 52.9. The van der Waals surface area contributed by atoms with Gasteiger partial charge in [0, 0.05) is 0 Å². The smallest absolute Gasteiger partial charge is 0.280 e. The van der Waals surface area contributed by atoms with Crippen LogP contribution in [0.15, 0.2) is 76.7 Å². The van der Waals surface area contributed by atoms with Gasteiger partial charge in [-0.2, -0.15) is 10.1 Å². The zero-order chi connectivity index (χ0) is 23.8. The largest absolute Gasteiger partial charge is 0.351 e. The van der Waals surface area contributed by atoms with E-state index in [9.17, 15) is 22.0 Å². The Bertz CT molecular complexity index is 1370. The molecule has 1 aliphatic heterocycles. The van der Waals surface area contributed by atoms with Crippen molar-refractivity contribution >= 4 is 39.3 Å². The van der Waals surface area contributed by atoms with Gasteiger partial charge < -0.3 is 5.32 Å². The summed E-state index contributed by atoms with van der Waals surface area (Å²) in [6.07, 6.45) is -0.235. The van der Waals surface area contributed by atoms with Crippen LogP contribution >= 0.6 is 0 Å². The van der Waals surface area contributed by atoms with Gasteiger partial charge in [-0.1, -0.05) is 30.3 Å². The highest BCUT2D eigenvalue weighted by Gasteiger charge is 2.35. The van der Waals surface area contributed by atoms with E-state index in [1.807, 2.05) is 0 Å². The molecular formula is C21H18F2N6O3S. The molecule has 0 aromatic heterocycles. The number of carbonyl (C=O) groups is 1. The Morgan fingerprint density at radius 3 is 2.24 bits per heavy atom. The SMILES string of the molecule is NC1N(C(=O)c2ccccc2F)N=CN1c1c(Nc2ccccc2F)cccc1S(N)(=O)=O. The molecule has 1 heterocycles. The fraction of sp³-hybridized carbons (Fsp3) is 0.0476. The van der Waals surface area contributed by atoms with Gasteiger partial charge in [-0.15, -0.1) is 0 Å². The highest BCUT2D eigenvalue weighted by Crippen LogP contribution is 2.37. The van der Waals surface area contributed by atoms with E-state index in [0.717, 1.165) is 17.4 Å². The lowest BCUT2D eigenvalue weighted by molar-refractivity contribution is 0.0713. The van der Waals surface area contributed by atoms with Crippen LogP contribution in [-0.4, -0.2) is 32.0 Å². The number of hydrogen-bond acceptors (Lipinski definition) is 7. The van der Waals surface area contributed by atoms with Crippen molar-refractivity contribution in [2.45, 2.75) is 11.2 Å². The second kappa shape index (κ2) is 8.58. The van der Waals surface area contributed by atoms with Crippen molar-refractivity contribution in [3.05, 3.63) is 83.9 Å². The van der Waals surface area contributed by atoms with Gasteiger partial charge in [-0.05, 0) is 36.4 Å². The first-order chi connectivity index (χ1) is 15.7. The third kappa shape index (κ3) is 4.26. The zero-order valence-corrected chi connectivity index (χ0v) is 17.7. The number of sulfonamides is 1. The molecule has 9 nitrogen and oxygen atoms in total. The number of nitrogens with zero attached hydrogens (tertiary/aromatic N) is 3. The molecular weight excluding hydrogens is 454 g/mol. The lowest BCUT2D eigenvalue weighted by Gasteiger charge is -2.29. The molecule has 0 spiro atoms. The lowest BCUT2D eigenvalue weighted by atomic mass is 10.2. The predicted molar refractivity (Wildman–Crippen MR) is 119 cm³/mol. The summed E-state index contributed by atoms with van der Waals surface area (Å²) in [6, 6.07) is 15.2. The van der Waals surface area contributed by atoms with E-state index < -0.39 is 33.9 Å². The molecule has 0 fully saturated rings. The number of benzene rings is 3. The highest BCUT2D eigenvalue weighted by atomic mass is 32.2. The molecule has 170 valence electrons. The molecule has 3 aromatic carbocycles. The Labute approximate surface area is 188 Å². The minimum absolute atomic E-state index is 0.0642. The fourth-order valence-corrected chi connectivity index (χ4v) is 4.07. The van der Waals surface area contributed by atoms with Crippen LogP contribution in [0.1, 0.15) is 10.4 Å². The van der Waals surface area contributed by atoms with Crippen molar-refractivity contribution in [2.75, 3.05) is 10.2 Å². The van der Waals surface area contributed by atoms with Crippen LogP contribution in [-0.2, 0) is 10.0 Å². The minimum Gasteiger partial charge on any atom is -0.351 e. The number of halogens is 2. The molecule has 1 amide bonds. The maximum absolute atomic E-state index is 14.2. The van der Waals surface area contributed by atoms with Gasteiger partial charge in [0.25, 0.3) is 5.91 Å². The third-order valence-corrected chi connectivity index (χ3v) is 5.80. The van der Waals surface area contributed by atoms with E-state index in [1.165, 1.54) is 59.5 Å². The van der Waals surface area contributed by atoms with Crippen molar-refractivity contribution in [1.82, 2.24) is 5.01 Å². The minimum atomic E-state index is -4.27. The average Bonchev–Trinajstić information content (AvgIpc) is 3.15. The topological polar surface area (TPSA) is 134 Å². The van der Waals surface area contributed by atoms with Gasteiger partial charge in [0.2, 0.25) is 10.0 Å². The quantitative estimate of drug-likeness (QED) is 0.522. The van der Waals surface area contributed by atoms with Crippen LogP contribution in [0.3, 0.4) is 0 Å². The number of para-hydroxylation sites is 2. The number of primary sulfonamides is 1. The van der Waals surface area contributed by atoms with Crippen LogP contribution in [0.5, 0.6) is 0 Å². The van der Waals surface area contributed by atoms with Crippen LogP contribution in [0.4, 0.5) is 25.8 Å². The number of hydrogen-bond donors (Lipinski definition) is 3. The van der Waals surface area contributed by atoms with Crippen LogP contribution < -0.4 is 21.1 Å². The second-order valence-electron chi connectivity index (χ2n) is 6.98. The summed E-state index contributed by atoms with van der Waals surface area (Å²) in [7, 11) is -4.27. The van der Waals surface area contributed by atoms with E-state index >= 15 is 0 Å². The molecule has 4 rings (SSSR count). The molecule has 3 aromatic rings. The summed E-state index contributed by atoms with van der Waals surface area (Å²) in [5.74, 6) is -2.19. The van der Waals surface area contributed by atoms with E-state index in [1.54, 1.807) is 6.07 Å². The maximum atomic E-state index is 14.2. The first-order valence-electron chi connectivity index (χ1n) is 9.52. The molecule has 5 N–H and O–H groups in total. The van der Waals surface area contributed by atoms with Crippen molar-refractivity contribution in [3.63, 3.8) is 0 Å². The third-order valence-electron chi connectivity index (χ3n) is 4.86. The number of nitrogens with one attached hydrogen (secondary N) is 1. The van der Waals surface area contributed by atoms with Crippen LogP contribution in [0.25, 0.3) is 0 Å². The van der Waals surface area contributed by atoms with E-state index in [4.69, 9.17) is 10.9 Å². The highest BCUT2D eigenvalue weighted by molar-refractivity contribution is 7.89. The Hall–Kier alpha value is -3.87. The Balaban J connectivity index is 1.77. The Kier molecular flexibility index (Phi) is 5.80. The van der Waals surface area contributed by atoms with Crippen molar-refractivity contribution in [1.29, 1.82) is 0 Å². The number of nitrogens with two attached hydrogens (primary N) is 2. The zero-order valence-electron chi connectivity index (χ0n) is 16.9. The van der Waals surface area contributed by atoms with Crippen LogP contribution in [0.2, 0.25) is 0 Å². The van der Waals surface area contributed by atoms with E-state index in [-0.39, 0.29) is 27.5 Å². The number of anilines is 3. The van der Waals surface area contributed by atoms with Gasteiger partial charge in [-0.25, -0.2) is 22.3 Å². The summed E-state index contributed by atoms with van der Waals surface area (Å²) >= 11 is 0. The Morgan fingerprint density at radius 2 is 1.58 bits per heavy atom. The average molecular weight is 472 g/mol. The molecule has 0 bridgehead atoms. The molecule has 0 aliphatic carbocycles. The van der Waals surface area contributed by atoms with E-state index in [0.29, 0.717) is 0 Å². The number of amides is 1. The molecule has 0 saturated carbocycles. The van der Waals surface area contributed by atoms with Gasteiger partial charge in [0.15, 0.2) is 6.29 Å². The van der Waals surface area contributed by atoms with Gasteiger partial charge in [-0.3, -0.25) is 15.4 Å². The summed E-state index contributed by atoms with van der Waals surface area (Å²) in [5, 5.41) is 12.9. The van der Waals surface area contributed by atoms with E-state index in [2.05, 4.69) is 10.4 Å². The molecule has 1 unspecified atom stereocenters. The standard InChI is InChI=1S/C21H18F2N6O3S/c22-14-7-2-1-6-13(14)20(30)29-21(24)28(12-26-29)19-17(10-5-11-18(19)33(25,31)32)27-16-9-4-3-8-15(16)23/h1-12,21,27H,24H2,(H2,25,31,32). The summed E-state index contributed by atoms with van der Waals surface area (Å²) in [5.41, 5.74) is 6.06. The van der Waals surface area contributed by atoms with Crippen molar-refractivity contribution in [2.24, 2.45) is 16.0 Å². The first-order valence-corrected chi connectivity index (χ1v) is 11.1. The summed E-state index contributed by atoms with van der Waals surface area (Å²) in [4.78, 5) is 13.6. The molecule has 0 saturated heterocycles. The molecule has 0 radical (unpaired) electrons. The molecule has 12 heteroatoms. The first kappa shape index (κ1) is 22.3. The van der Waals surface area contributed by atoms with Crippen molar-refractivity contribution < 1.29 is 22.0 Å². The van der Waals surface area contributed by atoms with Crippen molar-refractivity contribution in [3.8, 4) is 0 Å². The molecule has 1 atom stereocenters.